The largest absolute Gasteiger partial charge is 0.494 e. The molecule has 104 valence electrons. The molecule has 5 heteroatoms. The van der Waals surface area contributed by atoms with Crippen molar-refractivity contribution < 1.29 is 9.53 Å². The van der Waals surface area contributed by atoms with Crippen molar-refractivity contribution in [2.45, 2.75) is 6.92 Å². The van der Waals surface area contributed by atoms with Crippen molar-refractivity contribution in [3.8, 4) is 5.75 Å². The van der Waals surface area contributed by atoms with Crippen molar-refractivity contribution >= 4 is 17.3 Å². The van der Waals surface area contributed by atoms with Crippen LogP contribution in [-0.4, -0.2) is 24.5 Å². The maximum atomic E-state index is 12.6. The SMILES string of the molecule is CCN(C(=O)c1ccncc1OC)c1cccc(N)c1. The van der Waals surface area contributed by atoms with Gasteiger partial charge in [-0.2, -0.15) is 0 Å². The minimum absolute atomic E-state index is 0.141. The van der Waals surface area contributed by atoms with E-state index in [1.807, 2.05) is 19.1 Å². The molecule has 0 aliphatic heterocycles. The Balaban J connectivity index is 2.39. The highest BCUT2D eigenvalue weighted by atomic mass is 16.5. The Morgan fingerprint density at radius 1 is 1.40 bits per heavy atom. The van der Waals surface area contributed by atoms with Gasteiger partial charge in [0.2, 0.25) is 0 Å². The van der Waals surface area contributed by atoms with Gasteiger partial charge in [0, 0.05) is 24.1 Å². The monoisotopic (exact) mass is 271 g/mol. The number of aromatic nitrogens is 1. The molecular weight excluding hydrogens is 254 g/mol. The first kappa shape index (κ1) is 13.9. The Labute approximate surface area is 118 Å². The van der Waals surface area contributed by atoms with E-state index < -0.39 is 0 Å². The van der Waals surface area contributed by atoms with E-state index in [1.54, 1.807) is 29.3 Å². The number of nitrogens with two attached hydrogens (primary N) is 1. The van der Waals surface area contributed by atoms with E-state index in [0.29, 0.717) is 23.5 Å². The third-order valence-electron chi connectivity index (χ3n) is 2.98. The Morgan fingerprint density at radius 2 is 2.20 bits per heavy atom. The Hall–Kier alpha value is -2.56. The van der Waals surface area contributed by atoms with Crippen LogP contribution in [0.4, 0.5) is 11.4 Å². The van der Waals surface area contributed by atoms with E-state index in [-0.39, 0.29) is 5.91 Å². The van der Waals surface area contributed by atoms with E-state index in [4.69, 9.17) is 10.5 Å². The molecule has 0 unspecified atom stereocenters. The molecule has 0 aliphatic carbocycles. The van der Waals surface area contributed by atoms with Crippen LogP contribution in [-0.2, 0) is 0 Å². The summed E-state index contributed by atoms with van der Waals surface area (Å²) in [6.07, 6.45) is 3.10. The third-order valence-corrected chi connectivity index (χ3v) is 2.98. The first-order chi connectivity index (χ1) is 9.67. The number of pyridine rings is 1. The van der Waals surface area contributed by atoms with Crippen LogP contribution in [0.15, 0.2) is 42.7 Å². The van der Waals surface area contributed by atoms with Crippen molar-refractivity contribution in [2.24, 2.45) is 0 Å². The third kappa shape index (κ3) is 2.71. The van der Waals surface area contributed by atoms with Crippen LogP contribution in [0, 0.1) is 0 Å². The average Bonchev–Trinajstić information content (AvgIpc) is 2.48. The Kier molecular flexibility index (Phi) is 4.20. The van der Waals surface area contributed by atoms with Crippen LogP contribution in [0.3, 0.4) is 0 Å². The minimum atomic E-state index is -0.141. The molecule has 0 fully saturated rings. The fourth-order valence-electron chi connectivity index (χ4n) is 2.00. The van der Waals surface area contributed by atoms with E-state index in [0.717, 1.165) is 5.69 Å². The standard InChI is InChI=1S/C15H17N3O2/c1-3-18(12-6-4-5-11(16)9-12)15(19)13-7-8-17-10-14(13)20-2/h4-10H,3,16H2,1-2H3. The van der Waals surface area contributed by atoms with Crippen LogP contribution in [0.5, 0.6) is 5.75 Å². The predicted octanol–water partition coefficient (Wildman–Crippen LogP) is 2.34. The van der Waals surface area contributed by atoms with E-state index in [2.05, 4.69) is 4.98 Å². The first-order valence-electron chi connectivity index (χ1n) is 6.32. The van der Waals surface area contributed by atoms with Gasteiger partial charge in [0.25, 0.3) is 5.91 Å². The number of rotatable bonds is 4. The van der Waals surface area contributed by atoms with Crippen LogP contribution in [0.2, 0.25) is 0 Å². The maximum absolute atomic E-state index is 12.6. The number of ether oxygens (including phenoxy) is 1. The van der Waals surface area contributed by atoms with E-state index in [9.17, 15) is 4.79 Å². The molecule has 0 atom stereocenters. The van der Waals surface area contributed by atoms with Gasteiger partial charge >= 0.3 is 0 Å². The van der Waals surface area contributed by atoms with Crippen molar-refractivity contribution in [1.82, 2.24) is 4.98 Å². The summed E-state index contributed by atoms with van der Waals surface area (Å²) < 4.78 is 5.19. The second-order valence-electron chi connectivity index (χ2n) is 4.22. The highest BCUT2D eigenvalue weighted by Gasteiger charge is 2.19. The number of nitrogen functional groups attached to an aromatic ring is 1. The molecule has 1 aromatic carbocycles. The van der Waals surface area contributed by atoms with Gasteiger partial charge in [0.05, 0.1) is 18.9 Å². The molecule has 0 aliphatic rings. The number of carbonyl (C=O) groups excluding carboxylic acids is 1. The molecule has 2 N–H and O–H groups in total. The molecule has 20 heavy (non-hydrogen) atoms. The molecule has 1 aromatic heterocycles. The lowest BCUT2D eigenvalue weighted by Gasteiger charge is -2.22. The average molecular weight is 271 g/mol. The highest BCUT2D eigenvalue weighted by Crippen LogP contribution is 2.23. The lowest BCUT2D eigenvalue weighted by molar-refractivity contribution is 0.0985. The number of benzene rings is 1. The van der Waals surface area contributed by atoms with E-state index >= 15 is 0 Å². The zero-order valence-corrected chi connectivity index (χ0v) is 11.5. The normalized spacial score (nSPS) is 10.1. The van der Waals surface area contributed by atoms with Gasteiger partial charge in [-0.1, -0.05) is 6.07 Å². The van der Waals surface area contributed by atoms with Gasteiger partial charge < -0.3 is 15.4 Å². The van der Waals surface area contributed by atoms with Gasteiger partial charge in [-0.15, -0.1) is 0 Å². The number of hydrogen-bond acceptors (Lipinski definition) is 4. The zero-order valence-electron chi connectivity index (χ0n) is 11.5. The number of methoxy groups -OCH3 is 1. The smallest absolute Gasteiger partial charge is 0.262 e. The maximum Gasteiger partial charge on any atom is 0.262 e. The summed E-state index contributed by atoms with van der Waals surface area (Å²) in [5, 5.41) is 0. The van der Waals surface area contributed by atoms with Crippen LogP contribution >= 0.6 is 0 Å². The van der Waals surface area contributed by atoms with Crippen LogP contribution in [0.25, 0.3) is 0 Å². The van der Waals surface area contributed by atoms with Gasteiger partial charge in [0.1, 0.15) is 5.75 Å². The fourth-order valence-corrected chi connectivity index (χ4v) is 2.00. The lowest BCUT2D eigenvalue weighted by Crippen LogP contribution is -2.31. The van der Waals surface area contributed by atoms with Crippen molar-refractivity contribution in [3.63, 3.8) is 0 Å². The van der Waals surface area contributed by atoms with Crippen molar-refractivity contribution in [1.29, 1.82) is 0 Å². The van der Waals surface area contributed by atoms with Crippen molar-refractivity contribution in [2.75, 3.05) is 24.3 Å². The second kappa shape index (κ2) is 6.06. The van der Waals surface area contributed by atoms with Gasteiger partial charge in [-0.25, -0.2) is 0 Å². The zero-order chi connectivity index (χ0) is 14.5. The molecule has 0 radical (unpaired) electrons. The Bertz CT molecular complexity index is 614. The summed E-state index contributed by atoms with van der Waals surface area (Å²) in [4.78, 5) is 18.2. The summed E-state index contributed by atoms with van der Waals surface area (Å²) in [6, 6.07) is 8.88. The van der Waals surface area contributed by atoms with Gasteiger partial charge in [0.15, 0.2) is 0 Å². The topological polar surface area (TPSA) is 68.5 Å². The molecule has 1 amide bonds. The number of carbonyl (C=O) groups is 1. The molecule has 1 heterocycles. The van der Waals surface area contributed by atoms with Gasteiger partial charge in [-0.3, -0.25) is 9.78 Å². The fraction of sp³-hybridized carbons (Fsp3) is 0.200. The molecule has 0 saturated carbocycles. The molecular formula is C15H17N3O2. The minimum Gasteiger partial charge on any atom is -0.494 e. The molecule has 2 rings (SSSR count). The molecule has 0 spiro atoms. The highest BCUT2D eigenvalue weighted by molar-refractivity contribution is 6.07. The molecule has 0 saturated heterocycles. The number of anilines is 2. The number of nitrogens with zero attached hydrogens (tertiary/aromatic N) is 2. The number of amides is 1. The predicted molar refractivity (Wildman–Crippen MR) is 79.0 cm³/mol. The van der Waals surface area contributed by atoms with Crippen molar-refractivity contribution in [3.05, 3.63) is 48.3 Å². The summed E-state index contributed by atoms with van der Waals surface area (Å²) >= 11 is 0. The quantitative estimate of drug-likeness (QED) is 0.867. The summed E-state index contributed by atoms with van der Waals surface area (Å²) in [5.41, 5.74) is 7.63. The molecule has 0 bridgehead atoms. The van der Waals surface area contributed by atoms with E-state index in [1.165, 1.54) is 13.3 Å². The summed E-state index contributed by atoms with van der Waals surface area (Å²) in [5.74, 6) is 0.317. The molecule has 5 nitrogen and oxygen atoms in total. The summed E-state index contributed by atoms with van der Waals surface area (Å²) in [6.45, 7) is 2.45. The van der Waals surface area contributed by atoms with Crippen LogP contribution < -0.4 is 15.4 Å². The summed E-state index contributed by atoms with van der Waals surface area (Å²) in [7, 11) is 1.52. The van der Waals surface area contributed by atoms with Crippen LogP contribution in [0.1, 0.15) is 17.3 Å². The lowest BCUT2D eigenvalue weighted by atomic mass is 10.2. The van der Waals surface area contributed by atoms with Gasteiger partial charge in [-0.05, 0) is 31.2 Å². The second-order valence-corrected chi connectivity index (χ2v) is 4.22. The first-order valence-corrected chi connectivity index (χ1v) is 6.32. The Morgan fingerprint density at radius 3 is 2.85 bits per heavy atom. The molecule has 2 aromatic rings. The number of hydrogen-bond donors (Lipinski definition) is 1.